The summed E-state index contributed by atoms with van der Waals surface area (Å²) in [6.07, 6.45) is -0.711. The van der Waals surface area contributed by atoms with E-state index in [9.17, 15) is 13.5 Å². The van der Waals surface area contributed by atoms with Crippen molar-refractivity contribution in [3.05, 3.63) is 36.1 Å². The van der Waals surface area contributed by atoms with Crippen LogP contribution in [0.3, 0.4) is 0 Å². The number of aliphatic hydroxyl groups is 1. The number of benzene rings is 1. The van der Waals surface area contributed by atoms with Crippen molar-refractivity contribution in [2.45, 2.75) is 13.0 Å². The van der Waals surface area contributed by atoms with E-state index in [4.69, 9.17) is 4.42 Å². The van der Waals surface area contributed by atoms with Gasteiger partial charge in [0.15, 0.2) is 0 Å². The van der Waals surface area contributed by atoms with Crippen molar-refractivity contribution in [2.75, 3.05) is 38.5 Å². The van der Waals surface area contributed by atoms with E-state index in [0.29, 0.717) is 38.5 Å². The molecule has 1 saturated heterocycles. The van der Waals surface area contributed by atoms with Gasteiger partial charge in [0.25, 0.3) is 0 Å². The summed E-state index contributed by atoms with van der Waals surface area (Å²) in [5.41, 5.74) is 0.764. The van der Waals surface area contributed by atoms with Gasteiger partial charge in [-0.15, -0.1) is 0 Å². The molecule has 1 N–H and O–H groups in total. The van der Waals surface area contributed by atoms with Crippen molar-refractivity contribution in [1.82, 2.24) is 9.21 Å². The molecule has 0 aliphatic carbocycles. The summed E-state index contributed by atoms with van der Waals surface area (Å²) in [6, 6.07) is 9.51. The van der Waals surface area contributed by atoms with Crippen LogP contribution in [0.4, 0.5) is 0 Å². The zero-order valence-electron chi connectivity index (χ0n) is 13.2. The van der Waals surface area contributed by atoms with Gasteiger partial charge in [-0.25, -0.2) is 8.42 Å². The van der Waals surface area contributed by atoms with Gasteiger partial charge in [0.2, 0.25) is 10.0 Å². The molecule has 126 valence electrons. The number of nitrogens with zero attached hydrogens (tertiary/aromatic N) is 2. The Morgan fingerprint density at radius 2 is 1.91 bits per heavy atom. The number of furan rings is 1. The largest absolute Gasteiger partial charge is 0.458 e. The fourth-order valence-corrected chi connectivity index (χ4v) is 3.96. The first-order valence-electron chi connectivity index (χ1n) is 7.86. The Kier molecular flexibility index (Phi) is 4.72. The van der Waals surface area contributed by atoms with Crippen LogP contribution in [0.1, 0.15) is 18.8 Å². The molecule has 0 saturated carbocycles. The van der Waals surface area contributed by atoms with Gasteiger partial charge in [-0.3, -0.25) is 4.90 Å². The average Bonchev–Trinajstić information content (AvgIpc) is 2.99. The number of para-hydroxylation sites is 1. The first-order valence-corrected chi connectivity index (χ1v) is 9.47. The first-order chi connectivity index (χ1) is 11.0. The van der Waals surface area contributed by atoms with Crippen molar-refractivity contribution in [1.29, 1.82) is 0 Å². The third kappa shape index (κ3) is 3.58. The molecule has 1 aliphatic heterocycles. The van der Waals surface area contributed by atoms with Crippen LogP contribution in [0.2, 0.25) is 0 Å². The quantitative estimate of drug-likeness (QED) is 0.893. The Morgan fingerprint density at radius 1 is 1.22 bits per heavy atom. The molecule has 0 spiro atoms. The van der Waals surface area contributed by atoms with Gasteiger partial charge >= 0.3 is 0 Å². The molecule has 1 aromatic carbocycles. The lowest BCUT2D eigenvalue weighted by Gasteiger charge is -2.34. The monoisotopic (exact) mass is 338 g/mol. The van der Waals surface area contributed by atoms with E-state index in [1.807, 2.05) is 30.3 Å². The lowest BCUT2D eigenvalue weighted by molar-refractivity contribution is 0.0788. The molecule has 0 radical (unpaired) electrons. The molecule has 3 rings (SSSR count). The van der Waals surface area contributed by atoms with Crippen LogP contribution < -0.4 is 0 Å². The van der Waals surface area contributed by atoms with Crippen LogP contribution >= 0.6 is 0 Å². The molecule has 7 heteroatoms. The summed E-state index contributed by atoms with van der Waals surface area (Å²) in [7, 11) is -3.12. The Hall–Kier alpha value is -1.41. The van der Waals surface area contributed by atoms with Gasteiger partial charge in [0, 0.05) is 38.1 Å². The maximum absolute atomic E-state index is 11.8. The maximum Gasteiger partial charge on any atom is 0.213 e. The van der Waals surface area contributed by atoms with E-state index in [1.165, 1.54) is 4.31 Å². The molecular weight excluding hydrogens is 316 g/mol. The predicted octanol–water partition coefficient (Wildman–Crippen LogP) is 1.43. The molecule has 1 aliphatic rings. The van der Waals surface area contributed by atoms with Crippen LogP contribution in [0.5, 0.6) is 0 Å². The highest BCUT2D eigenvalue weighted by molar-refractivity contribution is 7.89. The van der Waals surface area contributed by atoms with Crippen molar-refractivity contribution in [3.63, 3.8) is 0 Å². The second kappa shape index (κ2) is 6.60. The van der Waals surface area contributed by atoms with Crippen LogP contribution in [0.15, 0.2) is 34.7 Å². The van der Waals surface area contributed by atoms with Crippen molar-refractivity contribution < 1.29 is 17.9 Å². The average molecular weight is 338 g/mol. The zero-order chi connectivity index (χ0) is 16.4. The third-order valence-corrected chi connectivity index (χ3v) is 6.18. The van der Waals surface area contributed by atoms with E-state index in [0.717, 1.165) is 11.0 Å². The van der Waals surface area contributed by atoms with Crippen molar-refractivity contribution in [3.8, 4) is 0 Å². The van der Waals surface area contributed by atoms with E-state index in [-0.39, 0.29) is 5.75 Å². The van der Waals surface area contributed by atoms with Gasteiger partial charge in [-0.1, -0.05) is 18.2 Å². The lowest BCUT2D eigenvalue weighted by Crippen LogP contribution is -2.49. The van der Waals surface area contributed by atoms with Crippen molar-refractivity contribution >= 4 is 21.0 Å². The highest BCUT2D eigenvalue weighted by Gasteiger charge is 2.27. The Labute approximate surface area is 136 Å². The second-order valence-corrected chi connectivity index (χ2v) is 8.06. The molecule has 1 fully saturated rings. The van der Waals surface area contributed by atoms with Gasteiger partial charge in [-0.2, -0.15) is 4.31 Å². The molecule has 0 bridgehead atoms. The van der Waals surface area contributed by atoms with E-state index >= 15 is 0 Å². The minimum Gasteiger partial charge on any atom is -0.458 e. The zero-order valence-corrected chi connectivity index (χ0v) is 14.0. The van der Waals surface area contributed by atoms with Crippen LogP contribution in [-0.4, -0.2) is 61.2 Å². The normalized spacial score (nSPS) is 19.2. The van der Waals surface area contributed by atoms with Crippen LogP contribution in [0.25, 0.3) is 11.0 Å². The van der Waals surface area contributed by atoms with Gasteiger partial charge < -0.3 is 9.52 Å². The Bertz CT molecular complexity index is 730. The van der Waals surface area contributed by atoms with E-state index in [1.54, 1.807) is 6.92 Å². The van der Waals surface area contributed by atoms with E-state index < -0.39 is 16.1 Å². The van der Waals surface area contributed by atoms with Crippen molar-refractivity contribution in [2.24, 2.45) is 0 Å². The summed E-state index contributed by atoms with van der Waals surface area (Å²) in [5, 5.41) is 11.4. The highest BCUT2D eigenvalue weighted by Crippen LogP contribution is 2.24. The Balaban J connectivity index is 1.60. The molecule has 23 heavy (non-hydrogen) atoms. The maximum atomic E-state index is 11.8. The molecule has 2 aromatic rings. The molecule has 0 amide bonds. The molecular formula is C16H22N2O4S. The van der Waals surface area contributed by atoms with Gasteiger partial charge in [0.1, 0.15) is 17.4 Å². The van der Waals surface area contributed by atoms with Gasteiger partial charge in [0.05, 0.1) is 5.75 Å². The predicted molar refractivity (Wildman–Crippen MR) is 88.6 cm³/mol. The molecule has 6 nitrogen and oxygen atoms in total. The molecule has 0 unspecified atom stereocenters. The minimum atomic E-state index is -3.12. The minimum absolute atomic E-state index is 0.134. The summed E-state index contributed by atoms with van der Waals surface area (Å²) in [4.78, 5) is 2.07. The number of β-amino-alcohol motifs (C(OH)–C–C–N with tert-alkyl or cyclic N) is 1. The number of aliphatic hydroxyl groups excluding tert-OH is 1. The fraction of sp³-hybridized carbons (Fsp3) is 0.500. The first kappa shape index (κ1) is 16.4. The summed E-state index contributed by atoms with van der Waals surface area (Å²) < 4.78 is 30.9. The topological polar surface area (TPSA) is 74.0 Å². The number of hydrogen-bond donors (Lipinski definition) is 1. The van der Waals surface area contributed by atoms with Crippen LogP contribution in [0, 0.1) is 0 Å². The summed E-state index contributed by atoms with van der Waals surface area (Å²) in [5.74, 6) is 0.684. The summed E-state index contributed by atoms with van der Waals surface area (Å²) >= 11 is 0. The second-order valence-electron chi connectivity index (χ2n) is 5.80. The van der Waals surface area contributed by atoms with Crippen LogP contribution in [-0.2, 0) is 10.0 Å². The number of hydrogen-bond acceptors (Lipinski definition) is 5. The lowest BCUT2D eigenvalue weighted by atomic mass is 10.2. The SMILES string of the molecule is CCS(=O)(=O)N1CCN(C[C@@H](O)c2cc3ccccc3o2)CC1. The Morgan fingerprint density at radius 3 is 2.57 bits per heavy atom. The molecule has 1 aromatic heterocycles. The van der Waals surface area contributed by atoms with Gasteiger partial charge in [-0.05, 0) is 19.1 Å². The molecule has 2 heterocycles. The summed E-state index contributed by atoms with van der Waals surface area (Å²) in [6.45, 7) is 4.30. The number of sulfonamides is 1. The number of piperazine rings is 1. The number of rotatable bonds is 5. The van der Waals surface area contributed by atoms with E-state index in [2.05, 4.69) is 4.90 Å². The number of fused-ring (bicyclic) bond motifs is 1. The third-order valence-electron chi connectivity index (χ3n) is 4.29. The smallest absolute Gasteiger partial charge is 0.213 e. The fourth-order valence-electron chi connectivity index (χ4n) is 2.87. The molecule has 1 atom stereocenters. The standard InChI is InChI=1S/C16H22N2O4S/c1-2-23(20,21)18-9-7-17(8-10-18)12-14(19)16-11-13-5-3-4-6-15(13)22-16/h3-6,11,14,19H,2,7-10,12H2,1H3/t14-/m1/s1. The highest BCUT2D eigenvalue weighted by atomic mass is 32.2.